The highest BCUT2D eigenvalue weighted by Crippen LogP contribution is 2.48. The van der Waals surface area contributed by atoms with Crippen molar-refractivity contribution in [1.29, 1.82) is 0 Å². The SMILES string of the molecule is COc1ccc(C2=Nc3ccccc3S[C@@H](c3ccccc3OC)C2)c(O)c1. The number of para-hydroxylation sites is 2. The zero-order valence-electron chi connectivity index (χ0n) is 15.8. The maximum Gasteiger partial charge on any atom is 0.128 e. The summed E-state index contributed by atoms with van der Waals surface area (Å²) < 4.78 is 10.8. The number of hydrogen-bond donors (Lipinski definition) is 1. The minimum absolute atomic E-state index is 0.111. The fourth-order valence-electron chi connectivity index (χ4n) is 3.37. The molecule has 0 aliphatic carbocycles. The largest absolute Gasteiger partial charge is 0.507 e. The summed E-state index contributed by atoms with van der Waals surface area (Å²) in [6.45, 7) is 0. The molecule has 0 bridgehead atoms. The summed E-state index contributed by atoms with van der Waals surface area (Å²) >= 11 is 1.77. The lowest BCUT2D eigenvalue weighted by Gasteiger charge is -2.19. The number of phenols is 1. The van der Waals surface area contributed by atoms with Gasteiger partial charge in [-0.2, -0.15) is 0 Å². The Morgan fingerprint density at radius 1 is 0.964 bits per heavy atom. The Morgan fingerprint density at radius 3 is 2.54 bits per heavy atom. The number of rotatable bonds is 4. The van der Waals surface area contributed by atoms with Gasteiger partial charge in [0, 0.05) is 33.8 Å². The van der Waals surface area contributed by atoms with Gasteiger partial charge in [0.25, 0.3) is 0 Å². The number of methoxy groups -OCH3 is 2. The Balaban J connectivity index is 1.83. The van der Waals surface area contributed by atoms with Crippen LogP contribution in [0, 0.1) is 0 Å². The molecule has 3 aromatic rings. The first kappa shape index (κ1) is 18.4. The molecule has 5 heteroatoms. The number of benzene rings is 3. The van der Waals surface area contributed by atoms with E-state index >= 15 is 0 Å². The van der Waals surface area contributed by atoms with E-state index < -0.39 is 0 Å². The zero-order valence-corrected chi connectivity index (χ0v) is 16.6. The van der Waals surface area contributed by atoms with Gasteiger partial charge in [0.05, 0.1) is 25.6 Å². The molecule has 142 valence electrons. The van der Waals surface area contributed by atoms with Crippen molar-refractivity contribution in [3.05, 3.63) is 77.9 Å². The highest BCUT2D eigenvalue weighted by atomic mass is 32.2. The van der Waals surface area contributed by atoms with Crippen LogP contribution in [0.5, 0.6) is 17.2 Å². The second-order valence-corrected chi connectivity index (χ2v) is 7.71. The minimum Gasteiger partial charge on any atom is -0.507 e. The summed E-state index contributed by atoms with van der Waals surface area (Å²) in [4.78, 5) is 6.02. The van der Waals surface area contributed by atoms with Crippen molar-refractivity contribution in [2.45, 2.75) is 16.6 Å². The molecule has 0 radical (unpaired) electrons. The molecule has 4 nitrogen and oxygen atoms in total. The second kappa shape index (κ2) is 7.98. The third kappa shape index (κ3) is 3.58. The van der Waals surface area contributed by atoms with Gasteiger partial charge in [-0.05, 0) is 30.3 Å². The summed E-state index contributed by atoms with van der Waals surface area (Å²) in [6.07, 6.45) is 0.666. The number of fused-ring (bicyclic) bond motifs is 1. The maximum absolute atomic E-state index is 10.6. The van der Waals surface area contributed by atoms with Gasteiger partial charge in [-0.3, -0.25) is 4.99 Å². The first-order valence-corrected chi connectivity index (χ1v) is 9.91. The van der Waals surface area contributed by atoms with Crippen LogP contribution in [0.1, 0.15) is 22.8 Å². The van der Waals surface area contributed by atoms with Crippen LogP contribution in [-0.4, -0.2) is 25.0 Å². The summed E-state index contributed by atoms with van der Waals surface area (Å²) in [5.74, 6) is 1.64. The van der Waals surface area contributed by atoms with Gasteiger partial charge in [0.15, 0.2) is 0 Å². The van der Waals surface area contributed by atoms with Gasteiger partial charge >= 0.3 is 0 Å². The Bertz CT molecular complexity index is 1030. The third-order valence-electron chi connectivity index (χ3n) is 4.77. The second-order valence-electron chi connectivity index (χ2n) is 6.46. The van der Waals surface area contributed by atoms with E-state index in [1.807, 2.05) is 48.5 Å². The van der Waals surface area contributed by atoms with Crippen molar-refractivity contribution in [2.24, 2.45) is 4.99 Å². The van der Waals surface area contributed by atoms with E-state index in [9.17, 15) is 5.11 Å². The van der Waals surface area contributed by atoms with Crippen LogP contribution in [-0.2, 0) is 0 Å². The van der Waals surface area contributed by atoms with Crippen molar-refractivity contribution < 1.29 is 14.6 Å². The molecule has 28 heavy (non-hydrogen) atoms. The smallest absolute Gasteiger partial charge is 0.128 e. The van der Waals surface area contributed by atoms with Crippen LogP contribution in [0.15, 0.2) is 76.6 Å². The van der Waals surface area contributed by atoms with E-state index in [1.165, 1.54) is 0 Å². The zero-order chi connectivity index (χ0) is 19.5. The minimum atomic E-state index is 0.111. The molecule has 0 unspecified atom stereocenters. The predicted molar refractivity (Wildman–Crippen MR) is 114 cm³/mol. The molecule has 0 saturated carbocycles. The van der Waals surface area contributed by atoms with Crippen LogP contribution in [0.4, 0.5) is 5.69 Å². The lowest BCUT2D eigenvalue weighted by molar-refractivity contribution is 0.407. The number of ether oxygens (including phenoxy) is 2. The van der Waals surface area contributed by atoms with Crippen molar-refractivity contribution in [3.8, 4) is 17.2 Å². The van der Waals surface area contributed by atoms with Gasteiger partial charge in [-0.25, -0.2) is 0 Å². The summed E-state index contributed by atoms with van der Waals surface area (Å²) in [5.41, 5.74) is 3.59. The van der Waals surface area contributed by atoms with Gasteiger partial charge in [0.1, 0.15) is 17.2 Å². The number of aliphatic imine (C=N–C) groups is 1. The quantitative estimate of drug-likeness (QED) is 0.614. The lowest BCUT2D eigenvalue weighted by atomic mass is 9.99. The van der Waals surface area contributed by atoms with Gasteiger partial charge in [-0.15, -0.1) is 11.8 Å². The van der Waals surface area contributed by atoms with Crippen molar-refractivity contribution >= 4 is 23.2 Å². The number of nitrogens with zero attached hydrogens (tertiary/aromatic N) is 1. The van der Waals surface area contributed by atoms with Gasteiger partial charge in [-0.1, -0.05) is 30.3 Å². The molecule has 0 saturated heterocycles. The monoisotopic (exact) mass is 391 g/mol. The summed E-state index contributed by atoms with van der Waals surface area (Å²) in [6, 6.07) is 21.5. The topological polar surface area (TPSA) is 51.0 Å². The Hall–Kier alpha value is -2.92. The van der Waals surface area contributed by atoms with Crippen molar-refractivity contribution in [1.82, 2.24) is 0 Å². The average molecular weight is 391 g/mol. The number of hydrogen-bond acceptors (Lipinski definition) is 5. The van der Waals surface area contributed by atoms with Gasteiger partial charge in [0.2, 0.25) is 0 Å². The molecule has 1 heterocycles. The number of phenolic OH excluding ortho intramolecular Hbond substituents is 1. The van der Waals surface area contributed by atoms with Gasteiger partial charge < -0.3 is 14.6 Å². The molecule has 1 aliphatic heterocycles. The molecule has 3 aromatic carbocycles. The fraction of sp³-hybridized carbons (Fsp3) is 0.174. The van der Waals surface area contributed by atoms with E-state index in [2.05, 4.69) is 12.1 Å². The lowest BCUT2D eigenvalue weighted by Crippen LogP contribution is -2.07. The van der Waals surface area contributed by atoms with Crippen LogP contribution in [0.25, 0.3) is 0 Å². The molecular formula is C23H21NO3S. The first-order chi connectivity index (χ1) is 13.7. The molecule has 4 rings (SSSR count). The Labute approximate surface area is 168 Å². The van der Waals surface area contributed by atoms with E-state index in [1.54, 1.807) is 32.0 Å². The van der Waals surface area contributed by atoms with Crippen LogP contribution in [0.3, 0.4) is 0 Å². The third-order valence-corrected chi connectivity index (χ3v) is 6.07. The highest BCUT2D eigenvalue weighted by Gasteiger charge is 2.25. The molecule has 0 amide bonds. The molecule has 1 aliphatic rings. The molecule has 0 spiro atoms. The van der Waals surface area contributed by atoms with Crippen LogP contribution < -0.4 is 9.47 Å². The molecule has 0 aromatic heterocycles. The van der Waals surface area contributed by atoms with E-state index in [0.29, 0.717) is 12.2 Å². The molecule has 1 atom stereocenters. The maximum atomic E-state index is 10.6. The van der Waals surface area contributed by atoms with Crippen molar-refractivity contribution in [2.75, 3.05) is 14.2 Å². The standard InChI is InChI=1S/C23H21NO3S/c1-26-15-11-12-16(20(25)13-15)19-14-23(17-7-3-5-9-21(17)27-2)28-22-10-6-4-8-18(22)24-19/h3-13,23,25H,14H2,1-2H3/t23-/m1/s1. The Kier molecular flexibility index (Phi) is 5.26. The molecule has 1 N–H and O–H groups in total. The molecular weight excluding hydrogens is 370 g/mol. The van der Waals surface area contributed by atoms with Crippen LogP contribution in [0.2, 0.25) is 0 Å². The number of thioether (sulfide) groups is 1. The van der Waals surface area contributed by atoms with E-state index in [-0.39, 0.29) is 11.0 Å². The number of aromatic hydroxyl groups is 1. The predicted octanol–water partition coefficient (Wildman–Crippen LogP) is 5.77. The first-order valence-electron chi connectivity index (χ1n) is 9.03. The fourth-order valence-corrected chi connectivity index (χ4v) is 4.63. The van der Waals surface area contributed by atoms with Crippen molar-refractivity contribution in [3.63, 3.8) is 0 Å². The van der Waals surface area contributed by atoms with E-state index in [0.717, 1.165) is 33.2 Å². The highest BCUT2D eigenvalue weighted by molar-refractivity contribution is 7.99. The van der Waals surface area contributed by atoms with Crippen LogP contribution >= 0.6 is 11.8 Å². The Morgan fingerprint density at radius 2 is 1.75 bits per heavy atom. The molecule has 0 fully saturated rings. The normalized spacial score (nSPS) is 15.9. The van der Waals surface area contributed by atoms with E-state index in [4.69, 9.17) is 14.5 Å². The average Bonchev–Trinajstić information content (AvgIpc) is 2.93. The summed E-state index contributed by atoms with van der Waals surface area (Å²) in [7, 11) is 3.28. The summed E-state index contributed by atoms with van der Waals surface area (Å²) in [5, 5.41) is 10.7.